The fourth-order valence-electron chi connectivity index (χ4n) is 3.96. The summed E-state index contributed by atoms with van der Waals surface area (Å²) in [5, 5.41) is 10.5. The highest BCUT2D eigenvalue weighted by atomic mass is 16.6. The zero-order valence-electron chi connectivity index (χ0n) is 16.1. The van der Waals surface area contributed by atoms with Crippen molar-refractivity contribution in [3.05, 3.63) is 24.3 Å². The Bertz CT molecular complexity index is 537. The van der Waals surface area contributed by atoms with Gasteiger partial charge in [0.1, 0.15) is 19.3 Å². The summed E-state index contributed by atoms with van der Waals surface area (Å²) in [5.74, 6) is 1.40. The Morgan fingerprint density at radius 2 is 1.77 bits per heavy atom. The third kappa shape index (κ3) is 5.35. The molecule has 1 aromatic rings. The number of β-amino-alcohol motifs (C(OH)–C–C–N with tert-alkyl or cyclic N) is 1. The van der Waals surface area contributed by atoms with E-state index in [9.17, 15) is 5.11 Å². The standard InChI is InChI=1S/C21H33NO4/c1-16-7-5-8-17(2)22(16)13-18(23)14-25-20-10-3-4-11-21(20)26-15-19-9-6-12-24-19/h3-4,10-11,16-19,23H,5-9,12-15H2,1-2H3. The Morgan fingerprint density at radius 3 is 2.42 bits per heavy atom. The van der Waals surface area contributed by atoms with Crippen LogP contribution in [-0.2, 0) is 4.74 Å². The van der Waals surface area contributed by atoms with Gasteiger partial charge in [-0.25, -0.2) is 0 Å². The van der Waals surface area contributed by atoms with Gasteiger partial charge in [-0.2, -0.15) is 0 Å². The number of aliphatic hydroxyl groups is 1. The smallest absolute Gasteiger partial charge is 0.161 e. The van der Waals surface area contributed by atoms with Crippen molar-refractivity contribution in [2.75, 3.05) is 26.4 Å². The summed E-state index contributed by atoms with van der Waals surface area (Å²) in [6.07, 6.45) is 5.51. The summed E-state index contributed by atoms with van der Waals surface area (Å²) in [4.78, 5) is 2.40. The number of benzene rings is 1. The second-order valence-electron chi connectivity index (χ2n) is 7.68. The highest BCUT2D eigenvalue weighted by molar-refractivity contribution is 5.39. The van der Waals surface area contributed by atoms with Crippen LogP contribution >= 0.6 is 0 Å². The van der Waals surface area contributed by atoms with Gasteiger partial charge in [0.2, 0.25) is 0 Å². The van der Waals surface area contributed by atoms with E-state index in [2.05, 4.69) is 18.7 Å². The van der Waals surface area contributed by atoms with Crippen LogP contribution in [-0.4, -0.2) is 60.7 Å². The zero-order valence-corrected chi connectivity index (χ0v) is 16.1. The molecule has 2 aliphatic heterocycles. The minimum atomic E-state index is -0.510. The van der Waals surface area contributed by atoms with Gasteiger partial charge in [0.05, 0.1) is 6.10 Å². The molecule has 4 unspecified atom stereocenters. The molecule has 146 valence electrons. The lowest BCUT2D eigenvalue weighted by atomic mass is 9.97. The SMILES string of the molecule is CC1CCCC(C)N1CC(O)COc1ccccc1OCC1CCCO1. The number of rotatable bonds is 8. The predicted molar refractivity (Wildman–Crippen MR) is 102 cm³/mol. The summed E-state index contributed by atoms with van der Waals surface area (Å²) in [7, 11) is 0. The maximum Gasteiger partial charge on any atom is 0.161 e. The lowest BCUT2D eigenvalue weighted by Gasteiger charge is -2.40. The fourth-order valence-corrected chi connectivity index (χ4v) is 3.96. The van der Waals surface area contributed by atoms with Crippen molar-refractivity contribution in [1.29, 1.82) is 0 Å². The molecule has 2 heterocycles. The molecule has 1 aromatic carbocycles. The molecule has 0 radical (unpaired) electrons. The molecular formula is C21H33NO4. The van der Waals surface area contributed by atoms with Crippen LogP contribution < -0.4 is 9.47 Å². The van der Waals surface area contributed by atoms with Crippen LogP contribution in [0.25, 0.3) is 0 Å². The molecule has 0 saturated carbocycles. The molecule has 0 amide bonds. The van der Waals surface area contributed by atoms with E-state index in [1.165, 1.54) is 19.3 Å². The van der Waals surface area contributed by atoms with Crippen molar-refractivity contribution in [2.24, 2.45) is 0 Å². The van der Waals surface area contributed by atoms with Crippen molar-refractivity contribution < 1.29 is 19.3 Å². The Hall–Kier alpha value is -1.30. The van der Waals surface area contributed by atoms with Gasteiger partial charge in [-0.15, -0.1) is 0 Å². The van der Waals surface area contributed by atoms with Crippen LogP contribution in [0.2, 0.25) is 0 Å². The van der Waals surface area contributed by atoms with E-state index in [0.717, 1.165) is 25.2 Å². The predicted octanol–water partition coefficient (Wildman–Crippen LogP) is 3.25. The van der Waals surface area contributed by atoms with Crippen molar-refractivity contribution in [2.45, 2.75) is 70.2 Å². The lowest BCUT2D eigenvalue weighted by Crippen LogP contribution is -2.48. The van der Waals surface area contributed by atoms with Crippen LogP contribution in [0.1, 0.15) is 46.0 Å². The molecule has 2 saturated heterocycles. The van der Waals surface area contributed by atoms with E-state index in [1.54, 1.807) is 0 Å². The summed E-state index contributed by atoms with van der Waals surface area (Å²) >= 11 is 0. The minimum absolute atomic E-state index is 0.177. The molecule has 0 bridgehead atoms. The Morgan fingerprint density at radius 1 is 1.08 bits per heavy atom. The van der Waals surface area contributed by atoms with E-state index in [-0.39, 0.29) is 12.7 Å². The van der Waals surface area contributed by atoms with Gasteiger partial charge in [-0.3, -0.25) is 4.90 Å². The third-order valence-electron chi connectivity index (χ3n) is 5.53. The average molecular weight is 363 g/mol. The molecule has 3 rings (SSSR count). The Labute approximate surface area is 157 Å². The van der Waals surface area contributed by atoms with Gasteiger partial charge in [-0.1, -0.05) is 18.6 Å². The molecule has 0 aliphatic carbocycles. The van der Waals surface area contributed by atoms with Gasteiger partial charge < -0.3 is 19.3 Å². The lowest BCUT2D eigenvalue weighted by molar-refractivity contribution is 0.0198. The minimum Gasteiger partial charge on any atom is -0.487 e. The first-order valence-corrected chi connectivity index (χ1v) is 10.0. The topological polar surface area (TPSA) is 51.2 Å². The number of aliphatic hydroxyl groups excluding tert-OH is 1. The van der Waals surface area contributed by atoms with Crippen molar-refractivity contribution in [1.82, 2.24) is 4.90 Å². The number of hydrogen-bond acceptors (Lipinski definition) is 5. The molecule has 2 aliphatic rings. The van der Waals surface area contributed by atoms with Crippen LogP contribution in [0, 0.1) is 0 Å². The average Bonchev–Trinajstić information content (AvgIpc) is 3.16. The first-order valence-electron chi connectivity index (χ1n) is 10.0. The zero-order chi connectivity index (χ0) is 18.4. The number of para-hydroxylation sites is 2. The molecule has 2 fully saturated rings. The van der Waals surface area contributed by atoms with Gasteiger partial charge in [0, 0.05) is 25.2 Å². The van der Waals surface area contributed by atoms with Crippen molar-refractivity contribution in [3.8, 4) is 11.5 Å². The molecule has 0 spiro atoms. The highest BCUT2D eigenvalue weighted by Gasteiger charge is 2.26. The van der Waals surface area contributed by atoms with E-state index in [1.807, 2.05) is 24.3 Å². The summed E-state index contributed by atoms with van der Waals surface area (Å²) < 4.78 is 17.4. The summed E-state index contributed by atoms with van der Waals surface area (Å²) in [6, 6.07) is 8.71. The third-order valence-corrected chi connectivity index (χ3v) is 5.53. The largest absolute Gasteiger partial charge is 0.487 e. The van der Waals surface area contributed by atoms with Crippen LogP contribution in [0.4, 0.5) is 0 Å². The van der Waals surface area contributed by atoms with E-state index in [0.29, 0.717) is 31.0 Å². The number of piperidine rings is 1. The van der Waals surface area contributed by atoms with Gasteiger partial charge in [-0.05, 0) is 51.7 Å². The number of likely N-dealkylation sites (tertiary alicyclic amines) is 1. The van der Waals surface area contributed by atoms with Crippen LogP contribution in [0.15, 0.2) is 24.3 Å². The monoisotopic (exact) mass is 363 g/mol. The molecule has 26 heavy (non-hydrogen) atoms. The normalized spacial score (nSPS) is 28.0. The molecular weight excluding hydrogens is 330 g/mol. The first-order chi connectivity index (χ1) is 12.6. The molecule has 4 atom stereocenters. The molecule has 5 heteroatoms. The number of nitrogens with zero attached hydrogens (tertiary/aromatic N) is 1. The maximum absolute atomic E-state index is 10.5. The van der Waals surface area contributed by atoms with Crippen LogP contribution in [0.3, 0.4) is 0 Å². The highest BCUT2D eigenvalue weighted by Crippen LogP contribution is 2.28. The van der Waals surface area contributed by atoms with Crippen molar-refractivity contribution >= 4 is 0 Å². The fraction of sp³-hybridized carbons (Fsp3) is 0.714. The van der Waals surface area contributed by atoms with Crippen LogP contribution in [0.5, 0.6) is 11.5 Å². The molecule has 5 nitrogen and oxygen atoms in total. The Balaban J connectivity index is 1.48. The van der Waals surface area contributed by atoms with Gasteiger partial charge in [0.15, 0.2) is 11.5 Å². The van der Waals surface area contributed by atoms with Crippen molar-refractivity contribution in [3.63, 3.8) is 0 Å². The van der Waals surface area contributed by atoms with E-state index in [4.69, 9.17) is 14.2 Å². The first kappa shape index (κ1) is 19.5. The second kappa shape index (κ2) is 9.58. The maximum atomic E-state index is 10.5. The second-order valence-corrected chi connectivity index (χ2v) is 7.68. The quantitative estimate of drug-likeness (QED) is 0.768. The molecule has 1 N–H and O–H groups in total. The number of hydrogen-bond donors (Lipinski definition) is 1. The molecule has 0 aromatic heterocycles. The van der Waals surface area contributed by atoms with Gasteiger partial charge in [0.25, 0.3) is 0 Å². The Kier molecular flexibility index (Phi) is 7.17. The van der Waals surface area contributed by atoms with Gasteiger partial charge >= 0.3 is 0 Å². The summed E-state index contributed by atoms with van der Waals surface area (Å²) in [6.45, 7) is 6.80. The number of ether oxygens (including phenoxy) is 3. The van der Waals surface area contributed by atoms with E-state index >= 15 is 0 Å². The summed E-state index contributed by atoms with van der Waals surface area (Å²) in [5.41, 5.74) is 0. The van der Waals surface area contributed by atoms with E-state index < -0.39 is 6.10 Å².